The minimum atomic E-state index is -0.0467. The highest BCUT2D eigenvalue weighted by molar-refractivity contribution is 8.02. The van der Waals surface area contributed by atoms with Gasteiger partial charge in [-0.25, -0.2) is 0 Å². The summed E-state index contributed by atoms with van der Waals surface area (Å²) >= 11 is 2.10. The lowest BCUT2D eigenvalue weighted by Crippen LogP contribution is -2.64. The lowest BCUT2D eigenvalue weighted by atomic mass is 9.51. The standard InChI is InChI=1S/C17H30N2S/c1-12(2)9-10-13(3,4)16(12)18-19-17(20-16)14(5,6)11-15(17,7)8/h9-11H2,1-8H3. The molecule has 0 radical (unpaired) electrons. The number of hydrogen-bond donors (Lipinski definition) is 0. The molecule has 0 aromatic heterocycles. The minimum Gasteiger partial charge on any atom is -0.174 e. The first-order chi connectivity index (χ1) is 8.83. The topological polar surface area (TPSA) is 24.7 Å². The molecular weight excluding hydrogens is 264 g/mol. The molecular formula is C17H30N2S. The quantitative estimate of drug-likeness (QED) is 0.547. The van der Waals surface area contributed by atoms with Gasteiger partial charge < -0.3 is 0 Å². The van der Waals surface area contributed by atoms with Crippen LogP contribution in [0.3, 0.4) is 0 Å². The van der Waals surface area contributed by atoms with Crippen LogP contribution in [0.1, 0.15) is 74.7 Å². The second-order valence-electron chi connectivity index (χ2n) is 9.80. The molecule has 3 heteroatoms. The van der Waals surface area contributed by atoms with Crippen molar-refractivity contribution >= 4 is 11.8 Å². The summed E-state index contributed by atoms with van der Waals surface area (Å²) < 4.78 is 0. The zero-order chi connectivity index (χ0) is 15.2. The predicted molar refractivity (Wildman–Crippen MR) is 86.9 cm³/mol. The molecule has 3 aliphatic rings. The second-order valence-corrected chi connectivity index (χ2v) is 11.2. The first-order valence-corrected chi connectivity index (χ1v) is 8.79. The Hall–Kier alpha value is -0.0500. The van der Waals surface area contributed by atoms with Crippen LogP contribution in [0.4, 0.5) is 0 Å². The molecule has 1 heterocycles. The zero-order valence-corrected chi connectivity index (χ0v) is 15.2. The Bertz CT molecular complexity index is 455. The molecule has 0 amide bonds. The first kappa shape index (κ1) is 14.9. The Morgan fingerprint density at radius 2 is 0.950 bits per heavy atom. The number of thioether (sulfide) groups is 1. The minimum absolute atomic E-state index is 0.0289. The van der Waals surface area contributed by atoms with Crippen LogP contribution in [0.2, 0.25) is 0 Å². The van der Waals surface area contributed by atoms with Gasteiger partial charge in [-0.2, -0.15) is 10.2 Å². The fourth-order valence-electron chi connectivity index (χ4n) is 5.52. The highest BCUT2D eigenvalue weighted by Crippen LogP contribution is 2.79. The van der Waals surface area contributed by atoms with E-state index in [0.29, 0.717) is 0 Å². The van der Waals surface area contributed by atoms with Crippen LogP contribution < -0.4 is 0 Å². The fourth-order valence-corrected chi connectivity index (χ4v) is 7.57. The van der Waals surface area contributed by atoms with Crippen molar-refractivity contribution in [1.82, 2.24) is 0 Å². The van der Waals surface area contributed by atoms with Crippen LogP contribution >= 0.6 is 11.8 Å². The monoisotopic (exact) mass is 294 g/mol. The molecule has 20 heavy (non-hydrogen) atoms. The number of azo groups is 1. The molecule has 0 bridgehead atoms. The molecule has 2 nitrogen and oxygen atoms in total. The van der Waals surface area contributed by atoms with E-state index in [0.717, 1.165) is 0 Å². The Morgan fingerprint density at radius 1 is 0.600 bits per heavy atom. The van der Waals surface area contributed by atoms with E-state index in [4.69, 9.17) is 10.2 Å². The molecule has 0 atom stereocenters. The van der Waals surface area contributed by atoms with Gasteiger partial charge in [-0.3, -0.25) is 0 Å². The van der Waals surface area contributed by atoms with E-state index in [2.05, 4.69) is 67.2 Å². The Morgan fingerprint density at radius 3 is 1.30 bits per heavy atom. The van der Waals surface area contributed by atoms with Gasteiger partial charge in [-0.15, -0.1) is 0 Å². The van der Waals surface area contributed by atoms with Crippen LogP contribution in [0.25, 0.3) is 0 Å². The van der Waals surface area contributed by atoms with Crippen molar-refractivity contribution in [2.24, 2.45) is 31.9 Å². The zero-order valence-electron chi connectivity index (χ0n) is 14.4. The smallest absolute Gasteiger partial charge is 0.139 e. The molecule has 114 valence electrons. The third kappa shape index (κ3) is 1.34. The highest BCUT2D eigenvalue weighted by atomic mass is 32.2. The van der Waals surface area contributed by atoms with Crippen molar-refractivity contribution in [3.05, 3.63) is 0 Å². The average Bonchev–Trinajstić information content (AvgIpc) is 2.76. The molecule has 0 aromatic rings. The number of rotatable bonds is 0. The van der Waals surface area contributed by atoms with Crippen molar-refractivity contribution in [2.45, 2.75) is 84.4 Å². The molecule has 2 spiro atoms. The maximum Gasteiger partial charge on any atom is 0.139 e. The molecule has 3 rings (SSSR count). The summed E-state index contributed by atoms with van der Waals surface area (Å²) in [5.74, 6) is 0. The molecule has 2 saturated carbocycles. The van der Waals surface area contributed by atoms with Crippen LogP contribution in [-0.2, 0) is 0 Å². The van der Waals surface area contributed by atoms with Crippen molar-refractivity contribution in [1.29, 1.82) is 0 Å². The molecule has 0 N–H and O–H groups in total. The van der Waals surface area contributed by atoms with Crippen molar-refractivity contribution < 1.29 is 0 Å². The second kappa shape index (κ2) is 3.47. The van der Waals surface area contributed by atoms with Gasteiger partial charge in [0.1, 0.15) is 9.74 Å². The normalized spacial score (nSPS) is 36.4. The van der Waals surface area contributed by atoms with Gasteiger partial charge in [-0.1, -0.05) is 67.2 Å². The van der Waals surface area contributed by atoms with E-state index < -0.39 is 0 Å². The van der Waals surface area contributed by atoms with Crippen molar-refractivity contribution in [3.63, 3.8) is 0 Å². The largest absolute Gasteiger partial charge is 0.174 e. The molecule has 0 saturated heterocycles. The van der Waals surface area contributed by atoms with Crippen LogP contribution in [0, 0.1) is 21.7 Å². The third-order valence-corrected chi connectivity index (χ3v) is 9.52. The van der Waals surface area contributed by atoms with Crippen molar-refractivity contribution in [2.75, 3.05) is 0 Å². The van der Waals surface area contributed by atoms with E-state index in [1.54, 1.807) is 0 Å². The van der Waals surface area contributed by atoms with Gasteiger partial charge >= 0.3 is 0 Å². The predicted octanol–water partition coefficient (Wildman–Crippen LogP) is 5.88. The summed E-state index contributed by atoms with van der Waals surface area (Å²) in [6.45, 7) is 19.1. The molecule has 0 unspecified atom stereocenters. The maximum atomic E-state index is 5.03. The van der Waals surface area contributed by atoms with E-state index in [1.807, 2.05) is 0 Å². The number of nitrogens with zero attached hydrogens (tertiary/aromatic N) is 2. The van der Waals surface area contributed by atoms with Gasteiger partial charge in [0.2, 0.25) is 0 Å². The van der Waals surface area contributed by atoms with E-state index in [1.165, 1.54) is 19.3 Å². The van der Waals surface area contributed by atoms with E-state index in [9.17, 15) is 0 Å². The first-order valence-electron chi connectivity index (χ1n) is 7.97. The average molecular weight is 295 g/mol. The van der Waals surface area contributed by atoms with Gasteiger partial charge in [0, 0.05) is 21.7 Å². The Kier molecular flexibility index (Phi) is 2.58. The van der Waals surface area contributed by atoms with Gasteiger partial charge in [0.05, 0.1) is 0 Å². The van der Waals surface area contributed by atoms with Crippen LogP contribution in [-0.4, -0.2) is 9.74 Å². The van der Waals surface area contributed by atoms with Gasteiger partial charge in [-0.05, 0) is 19.3 Å². The molecule has 2 aliphatic carbocycles. The summed E-state index contributed by atoms with van der Waals surface area (Å²) in [6.07, 6.45) is 3.74. The molecule has 2 fully saturated rings. The van der Waals surface area contributed by atoms with Crippen LogP contribution in [0.15, 0.2) is 10.2 Å². The third-order valence-electron chi connectivity index (χ3n) is 6.56. The fraction of sp³-hybridized carbons (Fsp3) is 1.00. The SMILES string of the molecule is CC1(C)CCC(C)(C)C12N=NC1(S2)C(C)(C)CC1(C)C. The van der Waals surface area contributed by atoms with E-state index >= 15 is 0 Å². The highest BCUT2D eigenvalue weighted by Gasteiger charge is 2.76. The maximum absolute atomic E-state index is 5.03. The summed E-state index contributed by atoms with van der Waals surface area (Å²) in [5.41, 5.74) is 0.970. The van der Waals surface area contributed by atoms with Crippen molar-refractivity contribution in [3.8, 4) is 0 Å². The summed E-state index contributed by atoms with van der Waals surface area (Å²) in [4.78, 5) is -0.0756. The lowest BCUT2D eigenvalue weighted by Gasteiger charge is -2.63. The Labute approximate surface area is 128 Å². The molecule has 0 aromatic carbocycles. The van der Waals surface area contributed by atoms with Crippen LogP contribution in [0.5, 0.6) is 0 Å². The van der Waals surface area contributed by atoms with E-state index in [-0.39, 0.29) is 31.4 Å². The summed E-state index contributed by atoms with van der Waals surface area (Å²) in [7, 11) is 0. The van der Waals surface area contributed by atoms with Gasteiger partial charge in [0.25, 0.3) is 0 Å². The number of hydrogen-bond acceptors (Lipinski definition) is 3. The Balaban J connectivity index is 2.08. The lowest BCUT2D eigenvalue weighted by molar-refractivity contribution is -0.0428. The van der Waals surface area contributed by atoms with Gasteiger partial charge in [0.15, 0.2) is 0 Å². The summed E-state index contributed by atoms with van der Waals surface area (Å²) in [6, 6.07) is 0. The summed E-state index contributed by atoms with van der Waals surface area (Å²) in [5, 5.41) is 10.0. The molecule has 1 aliphatic heterocycles.